The highest BCUT2D eigenvalue weighted by Crippen LogP contribution is 2.25. The second-order valence-electron chi connectivity index (χ2n) is 5.12. The molecule has 0 aromatic rings. The molecule has 0 amide bonds. The first-order valence-corrected chi connectivity index (χ1v) is 6.42. The minimum absolute atomic E-state index is 0.160. The number of hydrogen-bond acceptors (Lipinski definition) is 2. The lowest BCUT2D eigenvalue weighted by Crippen LogP contribution is -2.58. The Hall–Kier alpha value is -0.0800. The summed E-state index contributed by atoms with van der Waals surface area (Å²) in [6.07, 6.45) is 2.24. The van der Waals surface area contributed by atoms with E-state index in [1.165, 1.54) is 0 Å². The van der Waals surface area contributed by atoms with Crippen LogP contribution in [0.4, 0.5) is 0 Å². The van der Waals surface area contributed by atoms with Crippen molar-refractivity contribution in [3.63, 3.8) is 0 Å². The predicted molar refractivity (Wildman–Crippen MR) is 69.0 cm³/mol. The van der Waals surface area contributed by atoms with Gasteiger partial charge in [-0.1, -0.05) is 34.6 Å². The van der Waals surface area contributed by atoms with E-state index in [1.54, 1.807) is 0 Å². The molecule has 0 spiro atoms. The Labute approximate surface area is 96.2 Å². The van der Waals surface area contributed by atoms with E-state index in [9.17, 15) is 0 Å². The molecule has 0 aliphatic rings. The summed E-state index contributed by atoms with van der Waals surface area (Å²) in [5.41, 5.74) is 6.53. The number of likely N-dealkylation sites (N-methyl/N-ethyl adjacent to an activating group) is 1. The minimum atomic E-state index is 0.160. The second-order valence-corrected chi connectivity index (χ2v) is 5.12. The van der Waals surface area contributed by atoms with Crippen molar-refractivity contribution in [2.45, 2.75) is 66.0 Å². The summed E-state index contributed by atoms with van der Waals surface area (Å²) in [6.45, 7) is 15.7. The Morgan fingerprint density at radius 3 is 1.87 bits per heavy atom. The van der Waals surface area contributed by atoms with Gasteiger partial charge >= 0.3 is 0 Å². The number of rotatable bonds is 7. The maximum Gasteiger partial charge on any atom is 0.0329 e. The average Bonchev–Trinajstić information content (AvgIpc) is 2.18. The summed E-state index contributed by atoms with van der Waals surface area (Å²) in [6, 6.07) is 0.280. The maximum absolute atomic E-state index is 6.37. The second kappa shape index (κ2) is 6.49. The zero-order chi connectivity index (χ0) is 12.1. The van der Waals surface area contributed by atoms with Crippen LogP contribution in [0.25, 0.3) is 0 Å². The SMILES string of the molecule is CCN(CC)C(C)(CC)C(N)CC(C)C. The molecule has 0 bridgehead atoms. The highest BCUT2D eigenvalue weighted by atomic mass is 15.2. The van der Waals surface area contributed by atoms with Crippen LogP contribution in [0, 0.1) is 5.92 Å². The van der Waals surface area contributed by atoms with Crippen LogP contribution in [0.3, 0.4) is 0 Å². The molecule has 0 aliphatic carbocycles. The van der Waals surface area contributed by atoms with E-state index >= 15 is 0 Å². The van der Waals surface area contributed by atoms with Gasteiger partial charge in [0.15, 0.2) is 0 Å². The van der Waals surface area contributed by atoms with E-state index in [2.05, 4.69) is 46.4 Å². The molecule has 2 heteroatoms. The van der Waals surface area contributed by atoms with Gasteiger partial charge in [-0.3, -0.25) is 4.90 Å². The Bertz CT molecular complexity index is 164. The summed E-state index contributed by atoms with van der Waals surface area (Å²) in [5, 5.41) is 0. The van der Waals surface area contributed by atoms with Crippen molar-refractivity contribution in [3.05, 3.63) is 0 Å². The topological polar surface area (TPSA) is 29.3 Å². The van der Waals surface area contributed by atoms with Crippen molar-refractivity contribution in [1.29, 1.82) is 0 Å². The monoisotopic (exact) mass is 214 g/mol. The Balaban J connectivity index is 4.65. The highest BCUT2D eigenvalue weighted by molar-refractivity contribution is 4.94. The van der Waals surface area contributed by atoms with E-state index in [0.29, 0.717) is 5.92 Å². The van der Waals surface area contributed by atoms with Crippen LogP contribution in [0.1, 0.15) is 54.4 Å². The number of hydrogen-bond donors (Lipinski definition) is 1. The molecule has 2 N–H and O–H groups in total. The van der Waals surface area contributed by atoms with Gasteiger partial charge in [0.1, 0.15) is 0 Å². The molecule has 0 rings (SSSR count). The van der Waals surface area contributed by atoms with Crippen molar-refractivity contribution in [3.8, 4) is 0 Å². The van der Waals surface area contributed by atoms with Gasteiger partial charge in [-0.25, -0.2) is 0 Å². The lowest BCUT2D eigenvalue weighted by molar-refractivity contribution is 0.0769. The summed E-state index contributed by atoms with van der Waals surface area (Å²) >= 11 is 0. The molecule has 2 nitrogen and oxygen atoms in total. The first-order chi connectivity index (χ1) is 6.92. The Kier molecular flexibility index (Phi) is 6.46. The van der Waals surface area contributed by atoms with Crippen LogP contribution in [0.2, 0.25) is 0 Å². The molecule has 92 valence electrons. The van der Waals surface area contributed by atoms with E-state index in [4.69, 9.17) is 5.73 Å². The molecule has 0 saturated carbocycles. The fourth-order valence-corrected chi connectivity index (χ4v) is 2.43. The van der Waals surface area contributed by atoms with Crippen molar-refractivity contribution in [2.24, 2.45) is 11.7 Å². The first-order valence-electron chi connectivity index (χ1n) is 6.42. The van der Waals surface area contributed by atoms with Crippen LogP contribution in [0.5, 0.6) is 0 Å². The largest absolute Gasteiger partial charge is 0.326 e. The van der Waals surface area contributed by atoms with E-state index < -0.39 is 0 Å². The van der Waals surface area contributed by atoms with Gasteiger partial charge in [-0.15, -0.1) is 0 Å². The molecular formula is C13H30N2. The van der Waals surface area contributed by atoms with Crippen LogP contribution in [0.15, 0.2) is 0 Å². The molecule has 0 saturated heterocycles. The van der Waals surface area contributed by atoms with Crippen LogP contribution >= 0.6 is 0 Å². The average molecular weight is 214 g/mol. The molecule has 0 heterocycles. The summed E-state index contributed by atoms with van der Waals surface area (Å²) < 4.78 is 0. The smallest absolute Gasteiger partial charge is 0.0329 e. The maximum atomic E-state index is 6.37. The molecule has 0 radical (unpaired) electrons. The van der Waals surface area contributed by atoms with Gasteiger partial charge in [-0.2, -0.15) is 0 Å². The molecular weight excluding hydrogens is 184 g/mol. The fourth-order valence-electron chi connectivity index (χ4n) is 2.43. The van der Waals surface area contributed by atoms with Crippen molar-refractivity contribution >= 4 is 0 Å². The van der Waals surface area contributed by atoms with Crippen molar-refractivity contribution in [2.75, 3.05) is 13.1 Å². The molecule has 0 aromatic carbocycles. The molecule has 2 unspecified atom stereocenters. The van der Waals surface area contributed by atoms with Crippen LogP contribution in [-0.4, -0.2) is 29.6 Å². The van der Waals surface area contributed by atoms with Gasteiger partial charge in [0.05, 0.1) is 0 Å². The predicted octanol–water partition coefficient (Wildman–Crippen LogP) is 2.87. The lowest BCUT2D eigenvalue weighted by atomic mass is 9.83. The van der Waals surface area contributed by atoms with Crippen LogP contribution in [-0.2, 0) is 0 Å². The third kappa shape index (κ3) is 3.76. The normalized spacial score (nSPS) is 18.2. The molecule has 15 heavy (non-hydrogen) atoms. The zero-order valence-corrected chi connectivity index (χ0v) is 11.5. The molecule has 0 aliphatic heterocycles. The molecule has 0 fully saturated rings. The standard InChI is InChI=1S/C13H30N2/c1-7-13(6,15(8-2)9-3)12(14)10-11(4)5/h11-12H,7-10,14H2,1-6H3. The van der Waals surface area contributed by atoms with Gasteiger partial charge < -0.3 is 5.73 Å². The molecule has 2 atom stereocenters. The molecule has 0 aromatic heterocycles. The third-order valence-corrected chi connectivity index (χ3v) is 3.73. The van der Waals surface area contributed by atoms with Gasteiger partial charge in [-0.05, 0) is 38.8 Å². The fraction of sp³-hybridized carbons (Fsp3) is 1.00. The summed E-state index contributed by atoms with van der Waals surface area (Å²) in [4.78, 5) is 2.50. The lowest BCUT2D eigenvalue weighted by Gasteiger charge is -2.44. The Morgan fingerprint density at radius 2 is 1.60 bits per heavy atom. The van der Waals surface area contributed by atoms with E-state index in [-0.39, 0.29) is 11.6 Å². The van der Waals surface area contributed by atoms with Crippen LogP contribution < -0.4 is 5.73 Å². The highest BCUT2D eigenvalue weighted by Gasteiger charge is 2.34. The quantitative estimate of drug-likeness (QED) is 0.706. The van der Waals surface area contributed by atoms with Crippen molar-refractivity contribution in [1.82, 2.24) is 4.90 Å². The van der Waals surface area contributed by atoms with Gasteiger partial charge in [0, 0.05) is 11.6 Å². The van der Waals surface area contributed by atoms with Gasteiger partial charge in [0.2, 0.25) is 0 Å². The minimum Gasteiger partial charge on any atom is -0.326 e. The zero-order valence-electron chi connectivity index (χ0n) is 11.5. The summed E-state index contributed by atoms with van der Waals surface area (Å²) in [7, 11) is 0. The Morgan fingerprint density at radius 1 is 1.13 bits per heavy atom. The summed E-state index contributed by atoms with van der Waals surface area (Å²) in [5.74, 6) is 0.682. The number of nitrogens with zero attached hydrogens (tertiary/aromatic N) is 1. The van der Waals surface area contributed by atoms with Crippen molar-refractivity contribution < 1.29 is 0 Å². The van der Waals surface area contributed by atoms with Gasteiger partial charge in [0.25, 0.3) is 0 Å². The van der Waals surface area contributed by atoms with E-state index in [0.717, 1.165) is 25.9 Å². The third-order valence-electron chi connectivity index (χ3n) is 3.73. The number of nitrogens with two attached hydrogens (primary N) is 1. The van der Waals surface area contributed by atoms with E-state index in [1.807, 2.05) is 0 Å². The first kappa shape index (κ1) is 14.9.